The SMILES string of the molecule is CCC1CNC(C)(C)CN1CC1Cc2ccccc2S1. The molecule has 3 heteroatoms. The summed E-state index contributed by atoms with van der Waals surface area (Å²) < 4.78 is 0. The van der Waals surface area contributed by atoms with Crippen LogP contribution >= 0.6 is 11.8 Å². The van der Waals surface area contributed by atoms with Gasteiger partial charge in [0.25, 0.3) is 0 Å². The van der Waals surface area contributed by atoms with E-state index in [1.165, 1.54) is 30.8 Å². The maximum absolute atomic E-state index is 3.68. The molecule has 0 aromatic heterocycles. The zero-order valence-corrected chi connectivity index (χ0v) is 13.7. The zero-order valence-electron chi connectivity index (χ0n) is 12.9. The molecule has 0 bridgehead atoms. The van der Waals surface area contributed by atoms with E-state index in [0.29, 0.717) is 6.04 Å². The molecule has 1 aromatic carbocycles. The van der Waals surface area contributed by atoms with Gasteiger partial charge in [0.1, 0.15) is 0 Å². The lowest BCUT2D eigenvalue weighted by atomic mass is 9.97. The van der Waals surface area contributed by atoms with Crippen molar-refractivity contribution in [2.45, 2.75) is 55.3 Å². The van der Waals surface area contributed by atoms with Crippen LogP contribution in [0.2, 0.25) is 0 Å². The van der Waals surface area contributed by atoms with Gasteiger partial charge in [0, 0.05) is 41.4 Å². The summed E-state index contributed by atoms with van der Waals surface area (Å²) in [6, 6.07) is 9.61. The molecule has 0 saturated carbocycles. The van der Waals surface area contributed by atoms with Crippen LogP contribution < -0.4 is 5.32 Å². The molecule has 1 aromatic rings. The maximum atomic E-state index is 3.68. The molecule has 20 heavy (non-hydrogen) atoms. The molecule has 3 rings (SSSR count). The van der Waals surface area contributed by atoms with Crippen molar-refractivity contribution in [3.8, 4) is 0 Å². The molecule has 2 unspecified atom stereocenters. The van der Waals surface area contributed by atoms with Gasteiger partial charge in [0.05, 0.1) is 0 Å². The molecule has 0 amide bonds. The normalized spacial score (nSPS) is 29.4. The minimum absolute atomic E-state index is 0.252. The molecule has 2 aliphatic rings. The molecule has 2 heterocycles. The fourth-order valence-electron chi connectivity index (χ4n) is 3.45. The van der Waals surface area contributed by atoms with E-state index in [0.717, 1.165) is 11.8 Å². The number of hydrogen-bond donors (Lipinski definition) is 1. The largest absolute Gasteiger partial charge is 0.309 e. The van der Waals surface area contributed by atoms with E-state index < -0.39 is 0 Å². The summed E-state index contributed by atoms with van der Waals surface area (Å²) in [7, 11) is 0. The molecule has 0 aliphatic carbocycles. The van der Waals surface area contributed by atoms with E-state index in [4.69, 9.17) is 0 Å². The predicted molar refractivity (Wildman–Crippen MR) is 87.5 cm³/mol. The fraction of sp³-hybridized carbons (Fsp3) is 0.647. The van der Waals surface area contributed by atoms with Gasteiger partial charge in [-0.15, -0.1) is 11.8 Å². The average Bonchev–Trinajstić information content (AvgIpc) is 2.80. The second kappa shape index (κ2) is 5.70. The summed E-state index contributed by atoms with van der Waals surface area (Å²) in [6.45, 7) is 10.5. The Balaban J connectivity index is 1.65. The van der Waals surface area contributed by atoms with Gasteiger partial charge in [-0.1, -0.05) is 25.1 Å². The van der Waals surface area contributed by atoms with Gasteiger partial charge in [0.2, 0.25) is 0 Å². The number of nitrogens with zero attached hydrogens (tertiary/aromatic N) is 1. The first kappa shape index (κ1) is 14.4. The Hall–Kier alpha value is -0.510. The maximum Gasteiger partial charge on any atom is 0.0263 e. The van der Waals surface area contributed by atoms with Gasteiger partial charge < -0.3 is 5.32 Å². The minimum Gasteiger partial charge on any atom is -0.309 e. The summed E-state index contributed by atoms with van der Waals surface area (Å²) in [5.74, 6) is 0. The highest BCUT2D eigenvalue weighted by atomic mass is 32.2. The number of hydrogen-bond acceptors (Lipinski definition) is 3. The van der Waals surface area contributed by atoms with E-state index >= 15 is 0 Å². The van der Waals surface area contributed by atoms with Crippen molar-refractivity contribution in [3.63, 3.8) is 0 Å². The first-order valence-corrected chi connectivity index (χ1v) is 8.69. The Kier molecular flexibility index (Phi) is 4.11. The summed E-state index contributed by atoms with van der Waals surface area (Å²) in [6.07, 6.45) is 2.48. The van der Waals surface area contributed by atoms with E-state index in [1.807, 2.05) is 0 Å². The van der Waals surface area contributed by atoms with Crippen molar-refractivity contribution in [2.24, 2.45) is 0 Å². The third kappa shape index (κ3) is 3.05. The molecule has 0 radical (unpaired) electrons. The third-order valence-electron chi connectivity index (χ3n) is 4.55. The quantitative estimate of drug-likeness (QED) is 0.920. The lowest BCUT2D eigenvalue weighted by Gasteiger charge is -2.45. The second-order valence-electron chi connectivity index (χ2n) is 6.81. The Morgan fingerprint density at radius 3 is 2.90 bits per heavy atom. The van der Waals surface area contributed by atoms with Crippen LogP contribution in [0.4, 0.5) is 0 Å². The van der Waals surface area contributed by atoms with Crippen LogP contribution in [0.5, 0.6) is 0 Å². The number of rotatable bonds is 3. The number of piperazine rings is 1. The smallest absolute Gasteiger partial charge is 0.0263 e. The molecular formula is C17H26N2S. The first-order valence-electron chi connectivity index (χ1n) is 7.81. The van der Waals surface area contributed by atoms with Gasteiger partial charge in [-0.2, -0.15) is 0 Å². The number of benzene rings is 1. The molecule has 2 aliphatic heterocycles. The van der Waals surface area contributed by atoms with E-state index in [-0.39, 0.29) is 5.54 Å². The summed E-state index contributed by atoms with van der Waals surface area (Å²) in [5.41, 5.74) is 1.80. The predicted octanol–water partition coefficient (Wildman–Crippen LogP) is 3.17. The number of thioether (sulfide) groups is 1. The van der Waals surface area contributed by atoms with Crippen LogP contribution in [0.1, 0.15) is 32.8 Å². The van der Waals surface area contributed by atoms with E-state index in [2.05, 4.69) is 67.0 Å². The zero-order chi connectivity index (χ0) is 14.2. The second-order valence-corrected chi connectivity index (χ2v) is 8.15. The van der Waals surface area contributed by atoms with Gasteiger partial charge in [0.15, 0.2) is 0 Å². The Bertz CT molecular complexity index is 447. The van der Waals surface area contributed by atoms with Crippen molar-refractivity contribution in [3.05, 3.63) is 29.8 Å². The third-order valence-corrected chi connectivity index (χ3v) is 5.86. The van der Waals surface area contributed by atoms with Gasteiger partial charge in [-0.25, -0.2) is 0 Å². The molecule has 0 spiro atoms. The van der Waals surface area contributed by atoms with Crippen molar-refractivity contribution in [1.82, 2.24) is 10.2 Å². The highest BCUT2D eigenvalue weighted by Crippen LogP contribution is 2.37. The monoisotopic (exact) mass is 290 g/mol. The fourth-order valence-corrected chi connectivity index (χ4v) is 4.80. The van der Waals surface area contributed by atoms with E-state index in [1.54, 1.807) is 5.56 Å². The van der Waals surface area contributed by atoms with Crippen molar-refractivity contribution >= 4 is 11.8 Å². The summed E-state index contributed by atoms with van der Waals surface area (Å²) in [5, 5.41) is 4.41. The van der Waals surface area contributed by atoms with Gasteiger partial charge in [-0.05, 0) is 38.3 Å². The van der Waals surface area contributed by atoms with Crippen molar-refractivity contribution in [1.29, 1.82) is 0 Å². The molecule has 2 nitrogen and oxygen atoms in total. The average molecular weight is 290 g/mol. The Labute approximate surface area is 127 Å². The lowest BCUT2D eigenvalue weighted by molar-refractivity contribution is 0.0934. The minimum atomic E-state index is 0.252. The Morgan fingerprint density at radius 2 is 2.15 bits per heavy atom. The topological polar surface area (TPSA) is 15.3 Å². The summed E-state index contributed by atoms with van der Waals surface area (Å²) >= 11 is 2.08. The van der Waals surface area contributed by atoms with E-state index in [9.17, 15) is 0 Å². The van der Waals surface area contributed by atoms with Crippen LogP contribution in [0.15, 0.2) is 29.2 Å². The van der Waals surface area contributed by atoms with Crippen LogP contribution in [0.3, 0.4) is 0 Å². The van der Waals surface area contributed by atoms with Gasteiger partial charge in [-0.3, -0.25) is 4.90 Å². The summed E-state index contributed by atoms with van der Waals surface area (Å²) in [4.78, 5) is 4.22. The Morgan fingerprint density at radius 1 is 1.35 bits per heavy atom. The molecule has 2 atom stereocenters. The molecule has 110 valence electrons. The molecular weight excluding hydrogens is 264 g/mol. The number of fused-ring (bicyclic) bond motifs is 1. The highest BCUT2D eigenvalue weighted by molar-refractivity contribution is 8.00. The molecule has 1 fully saturated rings. The lowest BCUT2D eigenvalue weighted by Crippen LogP contribution is -2.62. The highest BCUT2D eigenvalue weighted by Gasteiger charge is 2.34. The van der Waals surface area contributed by atoms with Crippen LogP contribution in [0.25, 0.3) is 0 Å². The van der Waals surface area contributed by atoms with Crippen molar-refractivity contribution in [2.75, 3.05) is 19.6 Å². The number of nitrogens with one attached hydrogen (secondary N) is 1. The molecule has 1 saturated heterocycles. The van der Waals surface area contributed by atoms with Gasteiger partial charge >= 0.3 is 0 Å². The van der Waals surface area contributed by atoms with Crippen LogP contribution in [-0.2, 0) is 6.42 Å². The standard InChI is InChI=1S/C17H26N2S/c1-4-14-10-18-17(2,3)12-19(14)11-15-9-13-7-5-6-8-16(13)20-15/h5-8,14-15,18H,4,9-12H2,1-3H3. The molecule has 1 N–H and O–H groups in total. The van der Waals surface area contributed by atoms with Crippen molar-refractivity contribution < 1.29 is 0 Å². The first-order chi connectivity index (χ1) is 9.57. The van der Waals surface area contributed by atoms with Crippen LogP contribution in [-0.4, -0.2) is 41.4 Å². The van der Waals surface area contributed by atoms with Crippen LogP contribution in [0, 0.1) is 0 Å².